The average molecular weight is 494 g/mol. The molecule has 10 nitrogen and oxygen atoms in total. The number of esters is 1. The van der Waals surface area contributed by atoms with E-state index in [0.29, 0.717) is 29.2 Å². The molecule has 2 N–H and O–H groups in total. The van der Waals surface area contributed by atoms with E-state index in [1.165, 1.54) is 12.1 Å². The summed E-state index contributed by atoms with van der Waals surface area (Å²) in [5.74, 6) is -1.15. The van der Waals surface area contributed by atoms with Gasteiger partial charge in [-0.05, 0) is 48.9 Å². The van der Waals surface area contributed by atoms with Gasteiger partial charge in [-0.25, -0.2) is 5.01 Å². The summed E-state index contributed by atoms with van der Waals surface area (Å²) < 4.78 is 4.71. The molecular formula is C26H31N5O5. The molecule has 0 radical (unpaired) electrons. The van der Waals surface area contributed by atoms with Crippen LogP contribution in [-0.4, -0.2) is 54.5 Å². The van der Waals surface area contributed by atoms with Gasteiger partial charge < -0.3 is 20.3 Å². The van der Waals surface area contributed by atoms with Gasteiger partial charge in [0.15, 0.2) is 0 Å². The summed E-state index contributed by atoms with van der Waals surface area (Å²) in [5.41, 5.74) is 3.79. The fraction of sp³-hybridized carbons (Fsp3) is 0.346. The number of ether oxygens (including phenoxy) is 1. The van der Waals surface area contributed by atoms with E-state index in [9.17, 15) is 19.2 Å². The number of anilines is 3. The zero-order valence-electron chi connectivity index (χ0n) is 21.1. The summed E-state index contributed by atoms with van der Waals surface area (Å²) >= 11 is 0. The molecule has 0 saturated carbocycles. The maximum Gasteiger partial charge on any atom is 0.308 e. The number of hydrogen-bond donors (Lipinski definition) is 2. The quantitative estimate of drug-likeness (QED) is 0.616. The first-order valence-corrected chi connectivity index (χ1v) is 11.7. The normalized spacial score (nSPS) is 16.7. The summed E-state index contributed by atoms with van der Waals surface area (Å²) in [5, 5.41) is 11.5. The minimum atomic E-state index is -0.767. The van der Waals surface area contributed by atoms with Crippen LogP contribution in [0.4, 0.5) is 17.1 Å². The van der Waals surface area contributed by atoms with Crippen LogP contribution in [-0.2, 0) is 25.7 Å². The number of amides is 3. The zero-order chi connectivity index (χ0) is 26.4. The van der Waals surface area contributed by atoms with Crippen molar-refractivity contribution in [1.29, 1.82) is 0 Å². The molecule has 0 aliphatic carbocycles. The SMILES string of the molecule is CC.COC(=O)CC1Nc2cc(NC(=O)c3ccc(N4N=C(C)CC4=O)cc3)ccc2CN(C)C1=O. The lowest BCUT2D eigenvalue weighted by Crippen LogP contribution is -2.39. The molecule has 2 aromatic rings. The van der Waals surface area contributed by atoms with Crippen molar-refractivity contribution in [1.82, 2.24) is 4.90 Å². The molecule has 0 fully saturated rings. The molecule has 2 heterocycles. The Bertz CT molecular complexity index is 1190. The van der Waals surface area contributed by atoms with Gasteiger partial charge in [0.25, 0.3) is 11.8 Å². The Kier molecular flexibility index (Phi) is 8.42. The van der Waals surface area contributed by atoms with Gasteiger partial charge >= 0.3 is 5.97 Å². The fourth-order valence-corrected chi connectivity index (χ4v) is 3.88. The fourth-order valence-electron chi connectivity index (χ4n) is 3.88. The highest BCUT2D eigenvalue weighted by molar-refractivity contribution is 6.12. The van der Waals surface area contributed by atoms with E-state index in [1.807, 2.05) is 19.9 Å². The van der Waals surface area contributed by atoms with Gasteiger partial charge in [-0.1, -0.05) is 19.9 Å². The zero-order valence-corrected chi connectivity index (χ0v) is 21.1. The number of rotatable bonds is 5. The van der Waals surface area contributed by atoms with E-state index in [2.05, 4.69) is 15.7 Å². The first kappa shape index (κ1) is 26.4. The van der Waals surface area contributed by atoms with Gasteiger partial charge in [0.1, 0.15) is 6.04 Å². The highest BCUT2D eigenvalue weighted by Crippen LogP contribution is 2.28. The van der Waals surface area contributed by atoms with E-state index in [-0.39, 0.29) is 30.6 Å². The van der Waals surface area contributed by atoms with Crippen molar-refractivity contribution in [3.63, 3.8) is 0 Å². The third-order valence-corrected chi connectivity index (χ3v) is 5.67. The molecule has 0 spiro atoms. The molecule has 0 bridgehead atoms. The Morgan fingerprint density at radius 3 is 2.44 bits per heavy atom. The second-order valence-electron chi connectivity index (χ2n) is 8.26. The van der Waals surface area contributed by atoms with E-state index in [4.69, 9.17) is 4.74 Å². The predicted molar refractivity (Wildman–Crippen MR) is 138 cm³/mol. The molecule has 190 valence electrons. The summed E-state index contributed by atoms with van der Waals surface area (Å²) in [7, 11) is 2.95. The van der Waals surface area contributed by atoms with Crippen molar-refractivity contribution < 1.29 is 23.9 Å². The number of fused-ring (bicyclic) bond motifs is 1. The lowest BCUT2D eigenvalue weighted by Gasteiger charge is -2.19. The van der Waals surface area contributed by atoms with Gasteiger partial charge in [0, 0.05) is 36.2 Å². The summed E-state index contributed by atoms with van der Waals surface area (Å²) in [6.07, 6.45) is 0.182. The number of methoxy groups -OCH3 is 1. The van der Waals surface area contributed by atoms with Gasteiger partial charge in [0.2, 0.25) is 5.91 Å². The van der Waals surface area contributed by atoms with E-state index < -0.39 is 12.0 Å². The van der Waals surface area contributed by atoms with Crippen molar-refractivity contribution in [3.8, 4) is 0 Å². The number of hydrazone groups is 1. The van der Waals surface area contributed by atoms with Gasteiger partial charge in [-0.3, -0.25) is 19.2 Å². The predicted octanol–water partition coefficient (Wildman–Crippen LogP) is 3.39. The van der Waals surface area contributed by atoms with Gasteiger partial charge in [0.05, 0.1) is 25.6 Å². The third-order valence-electron chi connectivity index (χ3n) is 5.67. The van der Waals surface area contributed by atoms with Crippen LogP contribution in [0.25, 0.3) is 0 Å². The largest absolute Gasteiger partial charge is 0.469 e. The van der Waals surface area contributed by atoms with Crippen LogP contribution in [0, 0.1) is 0 Å². The molecule has 1 unspecified atom stereocenters. The average Bonchev–Trinajstić information content (AvgIpc) is 3.17. The number of benzene rings is 2. The highest BCUT2D eigenvalue weighted by atomic mass is 16.5. The first-order valence-electron chi connectivity index (χ1n) is 11.7. The van der Waals surface area contributed by atoms with E-state index >= 15 is 0 Å². The summed E-state index contributed by atoms with van der Waals surface area (Å²) in [6.45, 7) is 6.16. The van der Waals surface area contributed by atoms with Crippen LogP contribution in [0.3, 0.4) is 0 Å². The van der Waals surface area contributed by atoms with Crippen LogP contribution >= 0.6 is 0 Å². The molecule has 36 heavy (non-hydrogen) atoms. The minimum absolute atomic E-state index is 0.106. The first-order chi connectivity index (χ1) is 17.2. The van der Waals surface area contributed by atoms with Crippen LogP contribution < -0.4 is 15.6 Å². The van der Waals surface area contributed by atoms with Crippen LogP contribution in [0.5, 0.6) is 0 Å². The van der Waals surface area contributed by atoms with E-state index in [0.717, 1.165) is 11.3 Å². The Morgan fingerprint density at radius 2 is 1.83 bits per heavy atom. The summed E-state index contributed by atoms with van der Waals surface area (Å²) in [6, 6.07) is 11.1. The Balaban J connectivity index is 0.00000176. The standard InChI is InChI=1S/C24H25N5O5.C2H6/c1-14-10-21(30)29(27-14)18-8-5-15(6-9-18)23(32)25-17-7-4-16-13-28(2)24(33)20(12-22(31)34-3)26-19(16)11-17;1-2/h4-9,11,20,26H,10,12-13H2,1-3H3,(H,25,32);1-2H3. The van der Waals surface area contributed by atoms with Crippen molar-refractivity contribution in [3.05, 3.63) is 53.6 Å². The lowest BCUT2D eigenvalue weighted by atomic mass is 10.1. The van der Waals surface area contributed by atoms with Crippen LogP contribution in [0.15, 0.2) is 47.6 Å². The molecule has 3 amide bonds. The maximum absolute atomic E-state index is 12.8. The minimum Gasteiger partial charge on any atom is -0.469 e. The van der Waals surface area contributed by atoms with E-state index in [1.54, 1.807) is 55.3 Å². The molecule has 0 saturated heterocycles. The molecule has 1 atom stereocenters. The summed E-state index contributed by atoms with van der Waals surface area (Å²) in [4.78, 5) is 50.7. The topological polar surface area (TPSA) is 120 Å². The second-order valence-corrected chi connectivity index (χ2v) is 8.26. The Morgan fingerprint density at radius 1 is 1.14 bits per heavy atom. The molecule has 2 aliphatic heterocycles. The molecule has 2 aromatic carbocycles. The van der Waals surface area contributed by atoms with Crippen molar-refractivity contribution in [2.24, 2.45) is 5.10 Å². The van der Waals surface area contributed by atoms with Crippen LogP contribution in [0.1, 0.15) is 49.5 Å². The Labute approximate surface area is 210 Å². The number of hydrogen-bond acceptors (Lipinski definition) is 7. The smallest absolute Gasteiger partial charge is 0.308 e. The van der Waals surface area contributed by atoms with Crippen LogP contribution in [0.2, 0.25) is 0 Å². The van der Waals surface area contributed by atoms with Gasteiger partial charge in [-0.2, -0.15) is 5.10 Å². The lowest BCUT2D eigenvalue weighted by molar-refractivity contribution is -0.143. The molecule has 4 rings (SSSR count). The number of carbonyl (C=O) groups excluding carboxylic acids is 4. The molecule has 0 aromatic heterocycles. The van der Waals surface area contributed by atoms with Gasteiger partial charge in [-0.15, -0.1) is 0 Å². The number of carbonyl (C=O) groups is 4. The van der Waals surface area contributed by atoms with Crippen molar-refractivity contribution in [2.75, 3.05) is 29.8 Å². The number of likely N-dealkylation sites (N-methyl/N-ethyl adjacent to an activating group) is 1. The Hall–Kier alpha value is -4.21. The maximum atomic E-state index is 12.8. The molecule has 2 aliphatic rings. The highest BCUT2D eigenvalue weighted by Gasteiger charge is 2.29. The number of nitrogens with zero attached hydrogens (tertiary/aromatic N) is 3. The third kappa shape index (κ3) is 5.88. The van der Waals surface area contributed by atoms with Crippen molar-refractivity contribution in [2.45, 2.75) is 46.2 Å². The van der Waals surface area contributed by atoms with Crippen molar-refractivity contribution >= 4 is 46.5 Å². The monoisotopic (exact) mass is 493 g/mol. The number of nitrogens with one attached hydrogen (secondary N) is 2. The molecular weight excluding hydrogens is 462 g/mol. The second kappa shape index (κ2) is 11.5. The molecule has 10 heteroatoms.